The molecule has 3 aromatic rings. The van der Waals surface area contributed by atoms with Gasteiger partial charge >= 0.3 is 0 Å². The van der Waals surface area contributed by atoms with Gasteiger partial charge in [-0.25, -0.2) is 4.39 Å². The predicted octanol–water partition coefficient (Wildman–Crippen LogP) is 3.54. The van der Waals surface area contributed by atoms with Crippen LogP contribution in [0.25, 0.3) is 10.9 Å². The third kappa shape index (κ3) is 2.84. The van der Waals surface area contributed by atoms with Crippen molar-refractivity contribution in [2.24, 2.45) is 7.05 Å². The number of carbonyl (C=O) groups is 1. The summed E-state index contributed by atoms with van der Waals surface area (Å²) >= 11 is 5.88. The van der Waals surface area contributed by atoms with Gasteiger partial charge in [0.25, 0.3) is 11.5 Å². The van der Waals surface area contributed by atoms with Crippen molar-refractivity contribution in [1.82, 2.24) is 14.5 Å². The summed E-state index contributed by atoms with van der Waals surface area (Å²) in [5, 5.41) is 0.892. The van der Waals surface area contributed by atoms with Crippen LogP contribution in [0, 0.1) is 6.92 Å². The zero-order valence-corrected chi connectivity index (χ0v) is 15.8. The summed E-state index contributed by atoms with van der Waals surface area (Å²) in [5.74, 6) is -0.336. The van der Waals surface area contributed by atoms with Crippen LogP contribution in [0.3, 0.4) is 0 Å². The van der Waals surface area contributed by atoms with E-state index in [9.17, 15) is 9.59 Å². The van der Waals surface area contributed by atoms with Crippen LogP contribution < -0.4 is 5.56 Å². The fraction of sp³-hybridized carbons (Fsp3) is 0.300. The van der Waals surface area contributed by atoms with Gasteiger partial charge < -0.3 is 14.5 Å². The molecule has 1 saturated heterocycles. The molecule has 1 N–H and O–H groups in total. The average molecular weight is 388 g/mol. The molecule has 1 atom stereocenters. The number of H-pyrrole nitrogens is 1. The standard InChI is InChI=1S/C20H19ClFN3O2/c1-12-10-24(2)19(27)16-15(9-23-17(12)16)18(26)25-8-7-20(22,11-25)13-3-5-14(21)6-4-13/h3-6,9-10,23H,7-8,11H2,1-2H3. The molecule has 2 aromatic heterocycles. The summed E-state index contributed by atoms with van der Waals surface area (Å²) in [6.45, 7) is 2.11. The van der Waals surface area contributed by atoms with E-state index in [1.807, 2.05) is 6.92 Å². The van der Waals surface area contributed by atoms with E-state index in [4.69, 9.17) is 11.6 Å². The second-order valence-corrected chi connectivity index (χ2v) is 7.57. The van der Waals surface area contributed by atoms with E-state index >= 15 is 4.39 Å². The number of nitrogens with zero attached hydrogens (tertiary/aromatic N) is 2. The van der Waals surface area contributed by atoms with Gasteiger partial charge in [-0.3, -0.25) is 9.59 Å². The Morgan fingerprint density at radius 1 is 1.30 bits per heavy atom. The summed E-state index contributed by atoms with van der Waals surface area (Å²) in [5.41, 5.74) is 0.442. The lowest BCUT2D eigenvalue weighted by Crippen LogP contribution is -2.32. The van der Waals surface area contributed by atoms with Crippen LogP contribution in [0.5, 0.6) is 0 Å². The van der Waals surface area contributed by atoms with Crippen LogP contribution >= 0.6 is 11.6 Å². The minimum Gasteiger partial charge on any atom is -0.360 e. The van der Waals surface area contributed by atoms with Crippen LogP contribution in [0.15, 0.2) is 41.5 Å². The smallest absolute Gasteiger partial charge is 0.260 e. The number of aryl methyl sites for hydroxylation is 2. The Balaban J connectivity index is 1.68. The second kappa shape index (κ2) is 6.23. The van der Waals surface area contributed by atoms with Gasteiger partial charge in [-0.05, 0) is 30.2 Å². The molecule has 7 heteroatoms. The Morgan fingerprint density at radius 2 is 2.00 bits per heavy atom. The van der Waals surface area contributed by atoms with Gasteiger partial charge in [-0.2, -0.15) is 0 Å². The molecular weight excluding hydrogens is 369 g/mol. The van der Waals surface area contributed by atoms with E-state index in [0.29, 0.717) is 21.5 Å². The van der Waals surface area contributed by atoms with Gasteiger partial charge in [0, 0.05) is 37.4 Å². The first kappa shape index (κ1) is 17.8. The van der Waals surface area contributed by atoms with Gasteiger partial charge in [0.2, 0.25) is 0 Å². The summed E-state index contributed by atoms with van der Waals surface area (Å²) in [6.07, 6.45) is 3.47. The molecule has 1 amide bonds. The molecule has 27 heavy (non-hydrogen) atoms. The number of carbonyl (C=O) groups excluding carboxylic acids is 1. The molecule has 0 saturated carbocycles. The maximum atomic E-state index is 15.4. The van der Waals surface area contributed by atoms with Crippen molar-refractivity contribution in [3.63, 3.8) is 0 Å². The summed E-state index contributed by atoms with van der Waals surface area (Å²) < 4.78 is 16.9. The van der Waals surface area contributed by atoms with E-state index in [1.54, 1.807) is 43.7 Å². The highest BCUT2D eigenvalue weighted by Crippen LogP contribution is 2.37. The minimum absolute atomic E-state index is 0.0493. The Hall–Kier alpha value is -2.60. The highest BCUT2D eigenvalue weighted by Gasteiger charge is 2.42. The largest absolute Gasteiger partial charge is 0.360 e. The summed E-state index contributed by atoms with van der Waals surface area (Å²) in [7, 11) is 1.65. The average Bonchev–Trinajstić information content (AvgIpc) is 3.25. The maximum Gasteiger partial charge on any atom is 0.260 e. The van der Waals surface area contributed by atoms with Crippen molar-refractivity contribution in [1.29, 1.82) is 0 Å². The second-order valence-electron chi connectivity index (χ2n) is 7.13. The third-order valence-electron chi connectivity index (χ3n) is 5.29. The molecule has 1 fully saturated rings. The summed E-state index contributed by atoms with van der Waals surface area (Å²) in [4.78, 5) is 30.1. The molecule has 0 aliphatic carbocycles. The number of likely N-dealkylation sites (tertiary alicyclic amines) is 1. The van der Waals surface area contributed by atoms with Crippen molar-refractivity contribution in [2.45, 2.75) is 19.0 Å². The molecule has 140 valence electrons. The zero-order chi connectivity index (χ0) is 19.3. The molecule has 3 heterocycles. The van der Waals surface area contributed by atoms with Crippen LogP contribution in [-0.2, 0) is 12.7 Å². The van der Waals surface area contributed by atoms with Crippen molar-refractivity contribution in [2.75, 3.05) is 13.1 Å². The lowest BCUT2D eigenvalue weighted by atomic mass is 9.95. The highest BCUT2D eigenvalue weighted by molar-refractivity contribution is 6.30. The van der Waals surface area contributed by atoms with Crippen molar-refractivity contribution >= 4 is 28.4 Å². The fourth-order valence-corrected chi connectivity index (χ4v) is 3.94. The number of aromatic nitrogens is 2. The molecule has 0 bridgehead atoms. The van der Waals surface area contributed by atoms with Crippen LogP contribution in [-0.4, -0.2) is 33.4 Å². The molecule has 1 unspecified atom stereocenters. The van der Waals surface area contributed by atoms with Crippen molar-refractivity contribution < 1.29 is 9.18 Å². The lowest BCUT2D eigenvalue weighted by molar-refractivity contribution is 0.0752. The number of benzene rings is 1. The van der Waals surface area contributed by atoms with Crippen molar-refractivity contribution in [3.05, 3.63) is 68.7 Å². The molecule has 4 rings (SSSR count). The van der Waals surface area contributed by atoms with Crippen LogP contribution in [0.4, 0.5) is 4.39 Å². The Labute approximate surface area is 160 Å². The number of hydrogen-bond acceptors (Lipinski definition) is 2. The lowest BCUT2D eigenvalue weighted by Gasteiger charge is -2.21. The van der Waals surface area contributed by atoms with E-state index in [-0.39, 0.29) is 36.5 Å². The first-order valence-corrected chi connectivity index (χ1v) is 9.09. The Bertz CT molecular complexity index is 1100. The summed E-state index contributed by atoms with van der Waals surface area (Å²) in [6, 6.07) is 6.60. The number of amides is 1. The molecule has 5 nitrogen and oxygen atoms in total. The topological polar surface area (TPSA) is 58.1 Å². The SMILES string of the molecule is Cc1cn(C)c(=O)c2c(C(=O)N3CCC(F)(c4ccc(Cl)cc4)C3)c[nH]c12. The van der Waals surface area contributed by atoms with E-state index in [0.717, 1.165) is 5.56 Å². The monoisotopic (exact) mass is 387 g/mol. The van der Waals surface area contributed by atoms with E-state index < -0.39 is 5.67 Å². The molecule has 0 radical (unpaired) electrons. The van der Waals surface area contributed by atoms with E-state index in [1.165, 1.54) is 9.47 Å². The number of halogens is 2. The number of rotatable bonds is 2. The number of hydrogen-bond donors (Lipinski definition) is 1. The van der Waals surface area contributed by atoms with Gasteiger partial charge in [0.1, 0.15) is 0 Å². The third-order valence-corrected chi connectivity index (χ3v) is 5.55. The van der Waals surface area contributed by atoms with Crippen LogP contribution in [0.2, 0.25) is 5.02 Å². The van der Waals surface area contributed by atoms with E-state index in [2.05, 4.69) is 4.98 Å². The normalized spacial score (nSPS) is 19.8. The quantitative estimate of drug-likeness (QED) is 0.731. The van der Waals surface area contributed by atoms with Gasteiger partial charge in [-0.15, -0.1) is 0 Å². The number of pyridine rings is 1. The van der Waals surface area contributed by atoms with Crippen LogP contribution in [0.1, 0.15) is 27.9 Å². The minimum atomic E-state index is -1.62. The van der Waals surface area contributed by atoms with Crippen molar-refractivity contribution in [3.8, 4) is 0 Å². The molecule has 0 spiro atoms. The molecule has 1 aliphatic rings. The fourth-order valence-electron chi connectivity index (χ4n) is 3.82. The first-order valence-electron chi connectivity index (χ1n) is 8.72. The first-order chi connectivity index (χ1) is 12.8. The Kier molecular flexibility index (Phi) is 4.11. The molecule has 1 aromatic carbocycles. The zero-order valence-electron chi connectivity index (χ0n) is 15.1. The molecular formula is C20H19ClFN3O2. The van der Waals surface area contributed by atoms with Gasteiger partial charge in [0.05, 0.1) is 23.0 Å². The predicted molar refractivity (Wildman–Crippen MR) is 103 cm³/mol. The number of fused-ring (bicyclic) bond motifs is 1. The Morgan fingerprint density at radius 3 is 2.70 bits per heavy atom. The maximum absolute atomic E-state index is 15.4. The van der Waals surface area contributed by atoms with Gasteiger partial charge in [-0.1, -0.05) is 23.7 Å². The number of nitrogens with one attached hydrogen (secondary N) is 1. The molecule has 1 aliphatic heterocycles. The highest BCUT2D eigenvalue weighted by atomic mass is 35.5. The number of aromatic amines is 1. The number of alkyl halides is 1. The van der Waals surface area contributed by atoms with Gasteiger partial charge in [0.15, 0.2) is 5.67 Å².